The van der Waals surface area contributed by atoms with E-state index in [4.69, 9.17) is 0 Å². The Balaban J connectivity index is 2.19. The minimum absolute atomic E-state index is 0.0258. The van der Waals surface area contributed by atoms with Gasteiger partial charge in [0, 0.05) is 25.6 Å². The molecule has 1 aliphatic rings. The van der Waals surface area contributed by atoms with Crippen LogP contribution in [0.3, 0.4) is 0 Å². The van der Waals surface area contributed by atoms with Gasteiger partial charge in [0.25, 0.3) is 5.56 Å². The third-order valence-electron chi connectivity index (χ3n) is 3.39. The second-order valence-electron chi connectivity index (χ2n) is 4.89. The van der Waals surface area contributed by atoms with Crippen molar-refractivity contribution in [2.45, 2.75) is 45.1 Å². The molecule has 0 amide bonds. The highest BCUT2D eigenvalue weighted by Gasteiger charge is 2.36. The highest BCUT2D eigenvalue weighted by atomic mass is 127. The smallest absolute Gasteiger partial charge is 0.266 e. The lowest BCUT2D eigenvalue weighted by Gasteiger charge is -2.29. The van der Waals surface area contributed by atoms with E-state index >= 15 is 0 Å². The lowest BCUT2D eigenvalue weighted by molar-refractivity contribution is -0.0550. The molecule has 0 aromatic carbocycles. The van der Waals surface area contributed by atoms with Gasteiger partial charge in [-0.05, 0) is 48.3 Å². The Kier molecular flexibility index (Phi) is 4.03. The average Bonchev–Trinajstić information content (AvgIpc) is 2.28. The molecule has 1 aliphatic carbocycles. The Bertz CT molecular complexity index is 501. The van der Waals surface area contributed by atoms with Crippen molar-refractivity contribution in [2.24, 2.45) is 5.92 Å². The molecule has 100 valence electrons. The number of aromatic nitrogens is 2. The third kappa shape index (κ3) is 3.07. The van der Waals surface area contributed by atoms with Crippen LogP contribution in [0.2, 0.25) is 0 Å². The molecule has 0 spiro atoms. The Morgan fingerprint density at radius 3 is 3.00 bits per heavy atom. The molecule has 3 nitrogen and oxygen atoms in total. The molecule has 0 radical (unpaired) electrons. The van der Waals surface area contributed by atoms with Crippen LogP contribution in [0.15, 0.2) is 11.0 Å². The first-order valence-electron chi connectivity index (χ1n) is 5.99. The topological polar surface area (TPSA) is 34.9 Å². The fourth-order valence-electron chi connectivity index (χ4n) is 2.46. The fourth-order valence-corrected chi connectivity index (χ4v) is 2.89. The van der Waals surface area contributed by atoms with Crippen LogP contribution in [0.5, 0.6) is 0 Å². The summed E-state index contributed by atoms with van der Waals surface area (Å²) in [4.78, 5) is 16.1. The molecule has 1 fully saturated rings. The number of hydrogen-bond acceptors (Lipinski definition) is 2. The zero-order chi connectivity index (χ0) is 13.3. The second-order valence-corrected chi connectivity index (χ2v) is 6.05. The minimum Gasteiger partial charge on any atom is -0.296 e. The molecular formula is C12H15F2IN2O. The van der Waals surface area contributed by atoms with Crippen LogP contribution in [0, 0.1) is 16.4 Å². The first kappa shape index (κ1) is 13.9. The summed E-state index contributed by atoms with van der Waals surface area (Å²) in [5, 5.41) is 0. The molecule has 1 heterocycles. The molecule has 0 N–H and O–H groups in total. The van der Waals surface area contributed by atoms with Crippen molar-refractivity contribution in [3.63, 3.8) is 0 Å². The number of halogens is 3. The molecule has 1 atom stereocenters. The largest absolute Gasteiger partial charge is 0.296 e. The van der Waals surface area contributed by atoms with E-state index in [1.807, 2.05) is 22.6 Å². The van der Waals surface area contributed by atoms with E-state index in [9.17, 15) is 13.6 Å². The molecule has 6 heteroatoms. The highest BCUT2D eigenvalue weighted by molar-refractivity contribution is 14.1. The average molecular weight is 368 g/mol. The van der Waals surface area contributed by atoms with Crippen molar-refractivity contribution >= 4 is 22.6 Å². The van der Waals surface area contributed by atoms with Gasteiger partial charge < -0.3 is 0 Å². The van der Waals surface area contributed by atoms with Gasteiger partial charge in [0.1, 0.15) is 5.82 Å². The van der Waals surface area contributed by atoms with Crippen LogP contribution in [-0.2, 0) is 6.54 Å². The highest BCUT2D eigenvalue weighted by Crippen LogP contribution is 2.37. The van der Waals surface area contributed by atoms with Crippen LogP contribution in [0.4, 0.5) is 8.78 Å². The Labute approximate surface area is 118 Å². The standard InChI is InChI=1S/C12H15F2IN2O/c1-8-16-6-10(15)11(18)17(8)7-9-3-2-4-12(13,14)5-9/h6,9H,2-5,7H2,1H3. The summed E-state index contributed by atoms with van der Waals surface area (Å²) in [5.41, 5.74) is -0.128. The van der Waals surface area contributed by atoms with E-state index in [-0.39, 0.29) is 24.3 Å². The molecule has 0 saturated heterocycles. The number of hydrogen-bond donors (Lipinski definition) is 0. The first-order chi connectivity index (χ1) is 8.39. The zero-order valence-corrected chi connectivity index (χ0v) is 12.3. The SMILES string of the molecule is Cc1ncc(I)c(=O)n1CC1CCCC(F)(F)C1. The number of aryl methyl sites for hydroxylation is 1. The van der Waals surface area contributed by atoms with Crippen molar-refractivity contribution in [1.82, 2.24) is 9.55 Å². The van der Waals surface area contributed by atoms with E-state index in [1.54, 1.807) is 6.92 Å². The van der Waals surface area contributed by atoms with Gasteiger partial charge >= 0.3 is 0 Å². The maximum Gasteiger partial charge on any atom is 0.266 e. The van der Waals surface area contributed by atoms with Gasteiger partial charge in [-0.15, -0.1) is 0 Å². The summed E-state index contributed by atoms with van der Waals surface area (Å²) in [5.74, 6) is -2.12. The normalized spacial score (nSPS) is 23.0. The predicted octanol–water partition coefficient (Wildman–Crippen LogP) is 2.98. The molecule has 1 unspecified atom stereocenters. The Hall–Kier alpha value is -0.530. The molecule has 18 heavy (non-hydrogen) atoms. The van der Waals surface area contributed by atoms with Gasteiger partial charge in [-0.2, -0.15) is 0 Å². The lowest BCUT2D eigenvalue weighted by Crippen LogP contribution is -2.33. The molecule has 1 aromatic heterocycles. The molecule has 1 saturated carbocycles. The molecule has 1 aromatic rings. The van der Waals surface area contributed by atoms with Gasteiger partial charge in [-0.1, -0.05) is 0 Å². The van der Waals surface area contributed by atoms with Gasteiger partial charge in [-0.25, -0.2) is 13.8 Å². The van der Waals surface area contributed by atoms with Gasteiger partial charge in [-0.3, -0.25) is 9.36 Å². The minimum atomic E-state index is -2.57. The number of rotatable bonds is 2. The molecule has 0 bridgehead atoms. The van der Waals surface area contributed by atoms with Crippen LogP contribution < -0.4 is 5.56 Å². The Morgan fingerprint density at radius 1 is 1.61 bits per heavy atom. The Morgan fingerprint density at radius 2 is 2.33 bits per heavy atom. The second kappa shape index (κ2) is 5.22. The van der Waals surface area contributed by atoms with Crippen molar-refractivity contribution in [1.29, 1.82) is 0 Å². The van der Waals surface area contributed by atoms with Crippen LogP contribution in [0.25, 0.3) is 0 Å². The van der Waals surface area contributed by atoms with Crippen LogP contribution in [0.1, 0.15) is 31.5 Å². The molecular weight excluding hydrogens is 353 g/mol. The number of nitrogens with zero attached hydrogens (tertiary/aromatic N) is 2. The van der Waals surface area contributed by atoms with Crippen molar-refractivity contribution in [3.8, 4) is 0 Å². The third-order valence-corrected chi connectivity index (χ3v) is 4.13. The molecule has 2 rings (SSSR count). The van der Waals surface area contributed by atoms with Crippen LogP contribution in [-0.4, -0.2) is 15.5 Å². The first-order valence-corrected chi connectivity index (χ1v) is 7.07. The van der Waals surface area contributed by atoms with E-state index < -0.39 is 5.92 Å². The summed E-state index contributed by atoms with van der Waals surface area (Å²) < 4.78 is 28.7. The summed E-state index contributed by atoms with van der Waals surface area (Å²) in [6, 6.07) is 0. The summed E-state index contributed by atoms with van der Waals surface area (Å²) in [7, 11) is 0. The summed E-state index contributed by atoms with van der Waals surface area (Å²) in [6.45, 7) is 2.09. The van der Waals surface area contributed by atoms with Gasteiger partial charge in [0.15, 0.2) is 0 Å². The zero-order valence-electron chi connectivity index (χ0n) is 10.1. The monoisotopic (exact) mass is 368 g/mol. The van der Waals surface area contributed by atoms with E-state index in [0.717, 1.165) is 6.42 Å². The number of alkyl halides is 2. The van der Waals surface area contributed by atoms with Gasteiger partial charge in [0.2, 0.25) is 5.92 Å². The fraction of sp³-hybridized carbons (Fsp3) is 0.667. The van der Waals surface area contributed by atoms with Crippen molar-refractivity contribution < 1.29 is 8.78 Å². The lowest BCUT2D eigenvalue weighted by atomic mass is 9.86. The van der Waals surface area contributed by atoms with Crippen molar-refractivity contribution in [2.75, 3.05) is 0 Å². The predicted molar refractivity (Wildman–Crippen MR) is 72.9 cm³/mol. The van der Waals surface area contributed by atoms with E-state index in [0.29, 0.717) is 22.4 Å². The maximum atomic E-state index is 13.3. The van der Waals surface area contributed by atoms with Crippen LogP contribution >= 0.6 is 22.6 Å². The van der Waals surface area contributed by atoms with Crippen molar-refractivity contribution in [3.05, 3.63) is 25.9 Å². The van der Waals surface area contributed by atoms with Gasteiger partial charge in [0.05, 0.1) is 3.57 Å². The quantitative estimate of drug-likeness (QED) is 0.753. The van der Waals surface area contributed by atoms with E-state index in [2.05, 4.69) is 4.98 Å². The summed E-state index contributed by atoms with van der Waals surface area (Å²) >= 11 is 1.92. The maximum absolute atomic E-state index is 13.3. The summed E-state index contributed by atoms with van der Waals surface area (Å²) in [6.07, 6.45) is 2.66. The van der Waals surface area contributed by atoms with E-state index in [1.165, 1.54) is 10.8 Å². The molecule has 0 aliphatic heterocycles.